The first kappa shape index (κ1) is 42.3. The Kier molecular flexibility index (Phi) is 16.6. The minimum Gasteiger partial charge on any atom is -0.497 e. The maximum atomic E-state index is 12.4. The zero-order chi connectivity index (χ0) is 31.9. The highest BCUT2D eigenvalue weighted by Crippen LogP contribution is 2.61. The zero-order valence-corrected chi connectivity index (χ0v) is 26.1. The van der Waals surface area contributed by atoms with Gasteiger partial charge in [0.05, 0.1) is 13.2 Å². The molecule has 6 atom stereocenters. The summed E-state index contributed by atoms with van der Waals surface area (Å²) in [6, 6.07) is 6.67. The van der Waals surface area contributed by atoms with Crippen LogP contribution in [0.25, 0.3) is 0 Å². The summed E-state index contributed by atoms with van der Waals surface area (Å²) in [6.07, 6.45) is 5.79. The molecule has 2 fully saturated rings. The smallest absolute Gasteiger partial charge is 0.453 e. The summed E-state index contributed by atoms with van der Waals surface area (Å²) >= 11 is 0. The molecule has 2 saturated carbocycles. The van der Waals surface area contributed by atoms with Crippen LogP contribution in [0.2, 0.25) is 0 Å². The average molecular weight is 659 g/mol. The number of hydrogen-bond donors (Lipinski definition) is 2. The SMILES string of the molecule is C.C.COc1ccc2c(c1)CCC1C2CCC2(C)C(O)CCC12.CS(C)(C)CCCC(F)(F)C(F)(F)F.O=CCC(O)C=O. The minimum atomic E-state index is -5.40. The number of ether oxygens (including phenoxy) is 1. The van der Waals surface area contributed by atoms with E-state index < -0.39 is 34.7 Å². The third-order valence-corrected chi connectivity index (χ3v) is 10.6. The lowest BCUT2D eigenvalue weighted by Gasteiger charge is -2.50. The van der Waals surface area contributed by atoms with E-state index in [0.717, 1.165) is 24.0 Å². The molecule has 5 nitrogen and oxygen atoms in total. The van der Waals surface area contributed by atoms with Crippen molar-refractivity contribution in [3.8, 4) is 5.75 Å². The van der Waals surface area contributed by atoms with Crippen molar-refractivity contribution in [1.82, 2.24) is 0 Å². The van der Waals surface area contributed by atoms with E-state index in [0.29, 0.717) is 24.2 Å². The van der Waals surface area contributed by atoms with E-state index in [1.807, 2.05) is 18.8 Å². The van der Waals surface area contributed by atoms with Crippen LogP contribution < -0.4 is 4.74 Å². The lowest BCUT2D eigenvalue weighted by atomic mass is 9.55. The molecule has 1 aromatic carbocycles. The lowest BCUT2D eigenvalue weighted by Crippen LogP contribution is -2.43. The second-order valence-electron chi connectivity index (χ2n) is 12.8. The van der Waals surface area contributed by atoms with E-state index in [1.54, 1.807) is 12.7 Å². The number of hydrogen-bond acceptors (Lipinski definition) is 5. The molecule has 44 heavy (non-hydrogen) atoms. The van der Waals surface area contributed by atoms with Gasteiger partial charge < -0.3 is 24.5 Å². The van der Waals surface area contributed by atoms with Crippen molar-refractivity contribution in [3.63, 3.8) is 0 Å². The van der Waals surface area contributed by atoms with Gasteiger partial charge >= 0.3 is 12.1 Å². The van der Waals surface area contributed by atoms with Crippen LogP contribution in [0.4, 0.5) is 22.0 Å². The predicted molar refractivity (Wildman–Crippen MR) is 170 cm³/mol. The summed E-state index contributed by atoms with van der Waals surface area (Å²) < 4.78 is 65.3. The normalized spacial score (nSPS) is 26.6. The maximum absolute atomic E-state index is 12.4. The van der Waals surface area contributed by atoms with Crippen molar-refractivity contribution < 1.29 is 46.5 Å². The number of fused-ring (bicyclic) bond motifs is 5. The van der Waals surface area contributed by atoms with Crippen molar-refractivity contribution in [2.45, 2.75) is 110 Å². The quantitative estimate of drug-likeness (QED) is 0.219. The number of halogens is 5. The van der Waals surface area contributed by atoms with Crippen molar-refractivity contribution in [2.75, 3.05) is 31.6 Å². The van der Waals surface area contributed by atoms with Gasteiger partial charge in [-0.3, -0.25) is 0 Å². The highest BCUT2D eigenvalue weighted by Gasteiger charge is 2.56. The number of methoxy groups -OCH3 is 1. The monoisotopic (exact) mass is 658 g/mol. The largest absolute Gasteiger partial charge is 0.497 e. The van der Waals surface area contributed by atoms with Crippen LogP contribution in [0.1, 0.15) is 90.2 Å². The highest BCUT2D eigenvalue weighted by atomic mass is 32.3. The fraction of sp³-hybridized carbons (Fsp3) is 0.758. The summed E-state index contributed by atoms with van der Waals surface area (Å²) in [5.74, 6) is -0.883. The van der Waals surface area contributed by atoms with E-state index in [4.69, 9.17) is 9.84 Å². The summed E-state index contributed by atoms with van der Waals surface area (Å²) in [5, 5.41) is 18.7. The van der Waals surface area contributed by atoms with Crippen molar-refractivity contribution in [2.24, 2.45) is 17.3 Å². The Bertz CT molecular complexity index is 1030. The van der Waals surface area contributed by atoms with Gasteiger partial charge in [-0.2, -0.15) is 22.0 Å². The molecule has 3 aliphatic carbocycles. The number of carbonyl (C=O) groups is 2. The second kappa shape index (κ2) is 17.3. The molecule has 0 heterocycles. The summed E-state index contributed by atoms with van der Waals surface area (Å²) in [7, 11) is 0.757. The number of carbonyl (C=O) groups excluding carboxylic acids is 2. The number of benzene rings is 1. The topological polar surface area (TPSA) is 83.8 Å². The van der Waals surface area contributed by atoms with Crippen LogP contribution in [0.5, 0.6) is 5.75 Å². The molecule has 0 spiro atoms. The van der Waals surface area contributed by atoms with E-state index in [2.05, 4.69) is 25.1 Å². The van der Waals surface area contributed by atoms with Gasteiger partial charge in [0.25, 0.3) is 0 Å². The number of aryl methyl sites for hydroxylation is 1. The van der Waals surface area contributed by atoms with Gasteiger partial charge in [-0.25, -0.2) is 10.0 Å². The molecule has 0 bridgehead atoms. The van der Waals surface area contributed by atoms with Gasteiger partial charge in [0.2, 0.25) is 0 Å². The first-order valence-corrected chi connectivity index (χ1v) is 17.4. The molecule has 0 radical (unpaired) electrons. The van der Waals surface area contributed by atoms with E-state index in [9.17, 15) is 36.6 Å². The van der Waals surface area contributed by atoms with Gasteiger partial charge in [0, 0.05) is 12.8 Å². The van der Waals surface area contributed by atoms with Crippen LogP contribution in [-0.4, -0.2) is 78.7 Å². The second-order valence-corrected chi connectivity index (χ2v) is 17.4. The van der Waals surface area contributed by atoms with Crippen LogP contribution in [-0.2, 0) is 16.0 Å². The fourth-order valence-electron chi connectivity index (χ4n) is 6.68. The number of aliphatic hydroxyl groups is 2. The number of aldehydes is 2. The Labute approximate surface area is 262 Å². The van der Waals surface area contributed by atoms with Crippen molar-refractivity contribution in [1.29, 1.82) is 0 Å². The van der Waals surface area contributed by atoms with Gasteiger partial charge in [0.1, 0.15) is 24.4 Å². The Morgan fingerprint density at radius 1 is 1.07 bits per heavy atom. The number of alkyl halides is 5. The Morgan fingerprint density at radius 2 is 1.70 bits per heavy atom. The molecule has 11 heteroatoms. The molecular formula is C33H55F5O5S. The third kappa shape index (κ3) is 11.0. The molecule has 258 valence electrons. The van der Waals surface area contributed by atoms with E-state index >= 15 is 0 Å². The van der Waals surface area contributed by atoms with Crippen LogP contribution in [0, 0.1) is 17.3 Å². The molecule has 0 aliphatic heterocycles. The Balaban J connectivity index is 0.000000705. The minimum absolute atomic E-state index is 0. The molecule has 0 aromatic heterocycles. The first-order valence-electron chi connectivity index (χ1n) is 14.4. The molecular weight excluding hydrogens is 603 g/mol. The molecule has 0 saturated heterocycles. The number of rotatable bonds is 8. The first-order chi connectivity index (χ1) is 19.4. The van der Waals surface area contributed by atoms with Gasteiger partial charge in [-0.1, -0.05) is 27.8 Å². The van der Waals surface area contributed by atoms with Crippen LogP contribution in [0.3, 0.4) is 0 Å². The average Bonchev–Trinajstić information content (AvgIpc) is 3.21. The third-order valence-electron chi connectivity index (χ3n) is 9.04. The predicted octanol–water partition coefficient (Wildman–Crippen LogP) is 7.98. The molecule has 2 N–H and O–H groups in total. The molecule has 1 aromatic rings. The van der Waals surface area contributed by atoms with Gasteiger partial charge in [0.15, 0.2) is 0 Å². The van der Waals surface area contributed by atoms with Crippen LogP contribution in [0.15, 0.2) is 18.2 Å². The molecule has 0 amide bonds. The zero-order valence-electron chi connectivity index (χ0n) is 25.3. The van der Waals surface area contributed by atoms with E-state index in [-0.39, 0.29) is 39.2 Å². The van der Waals surface area contributed by atoms with E-state index in [1.165, 1.54) is 37.7 Å². The fourth-order valence-corrected chi connectivity index (χ4v) is 7.69. The van der Waals surface area contributed by atoms with Crippen molar-refractivity contribution in [3.05, 3.63) is 29.3 Å². The van der Waals surface area contributed by atoms with Crippen LogP contribution >= 0.6 is 10.0 Å². The summed E-state index contributed by atoms with van der Waals surface area (Å²) in [4.78, 5) is 18.9. The molecule has 6 unspecified atom stereocenters. The van der Waals surface area contributed by atoms with Gasteiger partial charge in [-0.05, 0) is 116 Å². The summed E-state index contributed by atoms with van der Waals surface area (Å²) in [5.41, 5.74) is 3.25. The maximum Gasteiger partial charge on any atom is 0.453 e. The standard InChI is InChI=1S/C19H26O2.C8H15F5S.C4H6O3.2CH4/c1-19-10-9-15-14-6-4-13(21-2)11-12(14)3-5-16(15)17(19)7-8-18(19)20;1-14(2,3)6-4-5-7(9,10)8(11,12)13;5-2-1-4(7)3-6;;/h4,6,11,15-18,20H,3,5,7-10H2,1-2H3;4-6H2,1-3H3;2-4,7H,1H2;2*1H4. The van der Waals surface area contributed by atoms with Gasteiger partial charge in [-0.15, -0.1) is 0 Å². The summed E-state index contributed by atoms with van der Waals surface area (Å²) in [6.45, 7) is 2.34. The molecule has 4 rings (SSSR count). The van der Waals surface area contributed by atoms with Crippen molar-refractivity contribution >= 4 is 22.6 Å². The Morgan fingerprint density at radius 3 is 2.20 bits per heavy atom. The highest BCUT2D eigenvalue weighted by molar-refractivity contribution is 8.32. The Hall–Kier alpha value is -1.72. The molecule has 3 aliphatic rings. The lowest BCUT2D eigenvalue weighted by molar-refractivity contribution is -0.284. The number of aliphatic hydroxyl groups excluding tert-OH is 2.